The third kappa shape index (κ3) is 4.63. The van der Waals surface area contributed by atoms with Crippen molar-refractivity contribution in [2.75, 3.05) is 6.54 Å². The number of nitrogens with two attached hydrogens (primary N) is 1. The molecule has 2 rings (SSSR count). The molecule has 2 N–H and O–H groups in total. The van der Waals surface area contributed by atoms with Crippen LogP contribution >= 0.6 is 0 Å². The van der Waals surface area contributed by atoms with Crippen LogP contribution in [0.5, 0.6) is 0 Å². The monoisotopic (exact) mass is 261 g/mol. The third-order valence-electron chi connectivity index (χ3n) is 4.19. The average Bonchev–Trinajstić information content (AvgIpc) is 2.73. The Morgan fingerprint density at radius 1 is 1.11 bits per heavy atom. The summed E-state index contributed by atoms with van der Waals surface area (Å²) in [5, 5.41) is 0. The van der Waals surface area contributed by atoms with Crippen molar-refractivity contribution in [2.24, 2.45) is 5.73 Å². The van der Waals surface area contributed by atoms with E-state index >= 15 is 0 Å². The van der Waals surface area contributed by atoms with Gasteiger partial charge in [-0.15, -0.1) is 0 Å². The summed E-state index contributed by atoms with van der Waals surface area (Å²) in [5.41, 5.74) is 8.28. The molecule has 1 aromatic rings. The molecule has 1 unspecified atom stereocenters. The maximum absolute atomic E-state index is 6.05. The normalized spacial score (nSPS) is 19.1. The minimum absolute atomic E-state index is 0.442. The van der Waals surface area contributed by atoms with E-state index < -0.39 is 0 Å². The van der Waals surface area contributed by atoms with E-state index in [0.29, 0.717) is 18.6 Å². The fourth-order valence-corrected chi connectivity index (χ4v) is 2.70. The maximum atomic E-state index is 6.05. The van der Waals surface area contributed by atoms with Crippen LogP contribution < -0.4 is 5.73 Å². The summed E-state index contributed by atoms with van der Waals surface area (Å²) in [5.74, 6) is 0.442. The molecule has 1 aromatic carbocycles. The van der Waals surface area contributed by atoms with E-state index in [-0.39, 0.29) is 0 Å². The number of hydrogen-bond acceptors (Lipinski definition) is 2. The lowest BCUT2D eigenvalue weighted by molar-refractivity contribution is 0.0310. The third-order valence-corrected chi connectivity index (χ3v) is 4.19. The van der Waals surface area contributed by atoms with Gasteiger partial charge in [-0.25, -0.2) is 0 Å². The topological polar surface area (TPSA) is 35.2 Å². The Morgan fingerprint density at radius 2 is 1.74 bits per heavy atom. The van der Waals surface area contributed by atoms with Crippen molar-refractivity contribution in [3.63, 3.8) is 0 Å². The molecule has 106 valence electrons. The molecule has 0 radical (unpaired) electrons. The zero-order valence-electron chi connectivity index (χ0n) is 12.1. The van der Waals surface area contributed by atoms with E-state index in [9.17, 15) is 0 Å². The Balaban J connectivity index is 1.82. The van der Waals surface area contributed by atoms with Crippen molar-refractivity contribution in [3.8, 4) is 0 Å². The van der Waals surface area contributed by atoms with Crippen molar-refractivity contribution >= 4 is 0 Å². The van der Waals surface area contributed by atoms with E-state index in [1.54, 1.807) is 0 Å². The second-order valence-electron chi connectivity index (χ2n) is 5.80. The molecule has 2 heteroatoms. The van der Waals surface area contributed by atoms with Gasteiger partial charge in [-0.05, 0) is 36.4 Å². The molecule has 19 heavy (non-hydrogen) atoms. The van der Waals surface area contributed by atoms with Crippen LogP contribution in [0.25, 0.3) is 0 Å². The number of benzene rings is 1. The zero-order valence-corrected chi connectivity index (χ0v) is 12.1. The molecule has 2 nitrogen and oxygen atoms in total. The van der Waals surface area contributed by atoms with Gasteiger partial charge < -0.3 is 10.5 Å². The lowest BCUT2D eigenvalue weighted by Crippen LogP contribution is -2.11. The van der Waals surface area contributed by atoms with Gasteiger partial charge in [0, 0.05) is 0 Å². The first-order chi connectivity index (χ1) is 9.29. The van der Waals surface area contributed by atoms with Crippen LogP contribution in [0.15, 0.2) is 24.3 Å². The van der Waals surface area contributed by atoms with Gasteiger partial charge in [0.2, 0.25) is 0 Å². The molecule has 1 fully saturated rings. The summed E-state index contributed by atoms with van der Waals surface area (Å²) in [6.07, 6.45) is 8.38. The quantitative estimate of drug-likeness (QED) is 0.813. The molecule has 0 aromatic heterocycles. The van der Waals surface area contributed by atoms with Crippen molar-refractivity contribution in [1.82, 2.24) is 0 Å². The van der Waals surface area contributed by atoms with Crippen LogP contribution in [0.1, 0.15) is 62.5 Å². The zero-order chi connectivity index (χ0) is 13.5. The van der Waals surface area contributed by atoms with Crippen LogP contribution in [0.2, 0.25) is 0 Å². The van der Waals surface area contributed by atoms with Crippen molar-refractivity contribution in [1.29, 1.82) is 0 Å². The fourth-order valence-electron chi connectivity index (χ4n) is 2.70. The number of ether oxygens (including phenoxy) is 1. The predicted molar refractivity (Wildman–Crippen MR) is 80.2 cm³/mol. The van der Waals surface area contributed by atoms with Gasteiger partial charge in [0.05, 0.1) is 12.7 Å². The summed E-state index contributed by atoms with van der Waals surface area (Å²) in [4.78, 5) is 0. The van der Waals surface area contributed by atoms with Crippen LogP contribution in [-0.2, 0) is 11.3 Å². The highest BCUT2D eigenvalue weighted by Crippen LogP contribution is 2.21. The molecule has 0 aliphatic heterocycles. The Labute approximate surface area is 117 Å². The second-order valence-corrected chi connectivity index (χ2v) is 5.80. The molecule has 0 saturated heterocycles. The van der Waals surface area contributed by atoms with Crippen LogP contribution in [0.4, 0.5) is 0 Å². The highest BCUT2D eigenvalue weighted by molar-refractivity contribution is 5.24. The standard InChI is InChI=1S/C17H27NO/c1-14(12-18)16-10-8-15(9-11-16)13-19-17-6-4-2-3-5-7-17/h8-11,14,17H,2-7,12-13,18H2,1H3. The van der Waals surface area contributed by atoms with Gasteiger partial charge in [-0.1, -0.05) is 56.9 Å². The van der Waals surface area contributed by atoms with Crippen molar-refractivity contribution in [2.45, 2.75) is 64.1 Å². The number of rotatable bonds is 5. The lowest BCUT2D eigenvalue weighted by atomic mass is 10.0. The molecule has 0 amide bonds. The molecule has 1 aliphatic carbocycles. The van der Waals surface area contributed by atoms with Crippen LogP contribution in [0.3, 0.4) is 0 Å². The minimum Gasteiger partial charge on any atom is -0.374 e. The summed E-state index contributed by atoms with van der Waals surface area (Å²) in [7, 11) is 0. The van der Waals surface area contributed by atoms with E-state index in [1.807, 2.05) is 0 Å². The fraction of sp³-hybridized carbons (Fsp3) is 0.647. The maximum Gasteiger partial charge on any atom is 0.0720 e. The first kappa shape index (κ1) is 14.5. The molecular weight excluding hydrogens is 234 g/mol. The van der Waals surface area contributed by atoms with Crippen molar-refractivity contribution < 1.29 is 4.74 Å². The van der Waals surface area contributed by atoms with Gasteiger partial charge in [-0.2, -0.15) is 0 Å². The molecule has 0 heterocycles. The van der Waals surface area contributed by atoms with Gasteiger partial charge in [-0.3, -0.25) is 0 Å². The SMILES string of the molecule is CC(CN)c1ccc(COC2CCCCCC2)cc1. The minimum atomic E-state index is 0.442. The highest BCUT2D eigenvalue weighted by Gasteiger charge is 2.12. The Kier molecular flexibility index (Phi) is 5.87. The highest BCUT2D eigenvalue weighted by atomic mass is 16.5. The van der Waals surface area contributed by atoms with Gasteiger partial charge >= 0.3 is 0 Å². The molecule has 1 aliphatic rings. The lowest BCUT2D eigenvalue weighted by Gasteiger charge is -2.16. The first-order valence-corrected chi connectivity index (χ1v) is 7.70. The van der Waals surface area contributed by atoms with Crippen LogP contribution in [0, 0.1) is 0 Å². The molecule has 1 saturated carbocycles. The van der Waals surface area contributed by atoms with Crippen LogP contribution in [-0.4, -0.2) is 12.6 Å². The molecule has 0 spiro atoms. The summed E-state index contributed by atoms with van der Waals surface area (Å²) in [6.45, 7) is 3.62. The van der Waals surface area contributed by atoms with E-state index in [1.165, 1.54) is 49.7 Å². The molecular formula is C17H27NO. The van der Waals surface area contributed by atoms with Crippen molar-refractivity contribution in [3.05, 3.63) is 35.4 Å². The largest absolute Gasteiger partial charge is 0.374 e. The van der Waals surface area contributed by atoms with Gasteiger partial charge in [0.1, 0.15) is 0 Å². The van der Waals surface area contributed by atoms with E-state index in [2.05, 4.69) is 31.2 Å². The predicted octanol–water partition coefficient (Wildman–Crippen LogP) is 3.99. The Morgan fingerprint density at radius 3 is 2.32 bits per heavy atom. The second kappa shape index (κ2) is 7.66. The number of hydrogen-bond donors (Lipinski definition) is 1. The average molecular weight is 261 g/mol. The first-order valence-electron chi connectivity index (χ1n) is 7.70. The molecule has 1 atom stereocenters. The van der Waals surface area contributed by atoms with Gasteiger partial charge in [0.25, 0.3) is 0 Å². The smallest absolute Gasteiger partial charge is 0.0720 e. The Hall–Kier alpha value is -0.860. The summed E-state index contributed by atoms with van der Waals surface area (Å²) < 4.78 is 6.05. The Bertz CT molecular complexity index is 352. The summed E-state index contributed by atoms with van der Waals surface area (Å²) in [6, 6.07) is 8.73. The van der Waals surface area contributed by atoms with E-state index in [4.69, 9.17) is 10.5 Å². The van der Waals surface area contributed by atoms with E-state index in [0.717, 1.165) is 6.61 Å². The summed E-state index contributed by atoms with van der Waals surface area (Å²) >= 11 is 0. The molecule has 0 bridgehead atoms. The van der Waals surface area contributed by atoms with Gasteiger partial charge in [0.15, 0.2) is 0 Å².